The Morgan fingerprint density at radius 2 is 2.20 bits per heavy atom. The average molecular weight is 222 g/mol. The van der Waals surface area contributed by atoms with Crippen LogP contribution in [0.3, 0.4) is 0 Å². The summed E-state index contributed by atoms with van der Waals surface area (Å²) in [5, 5.41) is 2.77. The Labute approximate surface area is 85.6 Å². The van der Waals surface area contributed by atoms with Crippen LogP contribution >= 0.6 is 0 Å². The summed E-state index contributed by atoms with van der Waals surface area (Å²) >= 11 is 0. The summed E-state index contributed by atoms with van der Waals surface area (Å²) in [5.74, 6) is -0.755. The first-order valence-electron chi connectivity index (χ1n) is 4.90. The molecule has 1 N–H and O–H groups in total. The van der Waals surface area contributed by atoms with Crippen molar-refractivity contribution >= 4 is 5.91 Å². The lowest BCUT2D eigenvalue weighted by atomic mass is 9.80. The largest absolute Gasteiger partial charge is 0.397 e. The molecule has 6 heteroatoms. The average Bonchev–Trinajstić information content (AvgIpc) is 2.55. The van der Waals surface area contributed by atoms with Crippen LogP contribution in [-0.2, 0) is 4.79 Å². The molecule has 86 valence electrons. The molecule has 2 atom stereocenters. The van der Waals surface area contributed by atoms with Gasteiger partial charge in [0.25, 0.3) is 0 Å². The number of likely N-dealkylation sites (tertiary alicyclic amines) is 1. The standard InChI is InChI=1S/C9H13F3N2O/c1-6(15)14-3-7-2-13-4-8(7,5-14)9(10,11)12/h7,13H,2-5H2,1H3. The van der Waals surface area contributed by atoms with Crippen LogP contribution in [0.25, 0.3) is 0 Å². The fraction of sp³-hybridized carbons (Fsp3) is 0.889. The zero-order valence-electron chi connectivity index (χ0n) is 8.40. The van der Waals surface area contributed by atoms with Crippen molar-refractivity contribution < 1.29 is 18.0 Å². The molecule has 0 aromatic carbocycles. The predicted molar refractivity (Wildman–Crippen MR) is 47.1 cm³/mol. The lowest BCUT2D eigenvalue weighted by Crippen LogP contribution is -2.46. The van der Waals surface area contributed by atoms with Crippen molar-refractivity contribution in [2.24, 2.45) is 11.3 Å². The van der Waals surface area contributed by atoms with Gasteiger partial charge in [0.15, 0.2) is 0 Å². The van der Waals surface area contributed by atoms with E-state index in [-0.39, 0.29) is 25.5 Å². The molecule has 2 rings (SSSR count). The van der Waals surface area contributed by atoms with Crippen molar-refractivity contribution in [3.05, 3.63) is 0 Å². The number of hydrogen-bond acceptors (Lipinski definition) is 2. The summed E-state index contributed by atoms with van der Waals surface area (Å²) in [6.07, 6.45) is -4.23. The van der Waals surface area contributed by atoms with E-state index in [1.54, 1.807) is 0 Å². The number of fused-ring (bicyclic) bond motifs is 1. The molecule has 0 radical (unpaired) electrons. The highest BCUT2D eigenvalue weighted by atomic mass is 19.4. The Bertz CT molecular complexity index is 292. The topological polar surface area (TPSA) is 32.3 Å². The molecule has 2 aliphatic rings. The first-order chi connectivity index (χ1) is 6.87. The van der Waals surface area contributed by atoms with Crippen LogP contribution in [-0.4, -0.2) is 43.2 Å². The van der Waals surface area contributed by atoms with Crippen LogP contribution in [0.5, 0.6) is 0 Å². The van der Waals surface area contributed by atoms with Crippen molar-refractivity contribution in [1.82, 2.24) is 10.2 Å². The van der Waals surface area contributed by atoms with Gasteiger partial charge in [-0.1, -0.05) is 0 Å². The molecule has 0 bridgehead atoms. The molecule has 2 aliphatic heterocycles. The van der Waals surface area contributed by atoms with Gasteiger partial charge in [0.2, 0.25) is 5.91 Å². The van der Waals surface area contributed by atoms with Crippen LogP contribution in [0, 0.1) is 11.3 Å². The number of carbonyl (C=O) groups is 1. The highest BCUT2D eigenvalue weighted by molar-refractivity contribution is 5.73. The van der Waals surface area contributed by atoms with Crippen LogP contribution < -0.4 is 5.32 Å². The monoisotopic (exact) mass is 222 g/mol. The minimum absolute atomic E-state index is 0.0645. The molecule has 2 fully saturated rings. The Morgan fingerprint density at radius 3 is 2.67 bits per heavy atom. The second-order valence-electron chi connectivity index (χ2n) is 4.38. The number of halogens is 3. The van der Waals surface area contributed by atoms with Crippen molar-refractivity contribution in [2.45, 2.75) is 13.1 Å². The highest BCUT2D eigenvalue weighted by Crippen LogP contribution is 2.50. The van der Waals surface area contributed by atoms with Crippen molar-refractivity contribution in [1.29, 1.82) is 0 Å². The second kappa shape index (κ2) is 3.10. The third kappa shape index (κ3) is 1.42. The van der Waals surface area contributed by atoms with Gasteiger partial charge in [-0.3, -0.25) is 4.79 Å². The number of hydrogen-bond donors (Lipinski definition) is 1. The van der Waals surface area contributed by atoms with Gasteiger partial charge in [-0.25, -0.2) is 0 Å². The third-order valence-corrected chi connectivity index (χ3v) is 3.54. The van der Waals surface area contributed by atoms with Crippen LogP contribution in [0.15, 0.2) is 0 Å². The summed E-state index contributed by atoms with van der Waals surface area (Å²) in [4.78, 5) is 12.4. The van der Waals surface area contributed by atoms with Gasteiger partial charge in [0.05, 0.1) is 0 Å². The minimum Gasteiger partial charge on any atom is -0.342 e. The van der Waals surface area contributed by atoms with Crippen molar-refractivity contribution in [2.75, 3.05) is 26.2 Å². The normalized spacial score (nSPS) is 35.7. The number of alkyl halides is 3. The maximum atomic E-state index is 13.0. The van der Waals surface area contributed by atoms with E-state index in [0.29, 0.717) is 6.54 Å². The molecule has 3 nitrogen and oxygen atoms in total. The van der Waals surface area contributed by atoms with Crippen LogP contribution in [0.2, 0.25) is 0 Å². The molecule has 1 amide bonds. The fourth-order valence-electron chi connectivity index (χ4n) is 2.57. The minimum atomic E-state index is -4.23. The first kappa shape index (κ1) is 10.7. The van der Waals surface area contributed by atoms with E-state index >= 15 is 0 Å². The summed E-state index contributed by atoms with van der Waals surface area (Å²) in [7, 11) is 0. The molecule has 2 saturated heterocycles. The van der Waals surface area contributed by atoms with Crippen molar-refractivity contribution in [3.8, 4) is 0 Å². The Hall–Kier alpha value is -0.780. The third-order valence-electron chi connectivity index (χ3n) is 3.54. The number of carbonyl (C=O) groups excluding carboxylic acids is 1. The lowest BCUT2D eigenvalue weighted by Gasteiger charge is -2.30. The van der Waals surface area contributed by atoms with E-state index in [0.717, 1.165) is 0 Å². The summed E-state index contributed by atoms with van der Waals surface area (Å²) in [5.41, 5.74) is -1.71. The molecule has 0 spiro atoms. The maximum Gasteiger partial charge on any atom is 0.397 e. The van der Waals surface area contributed by atoms with E-state index in [4.69, 9.17) is 0 Å². The second-order valence-corrected chi connectivity index (χ2v) is 4.38. The van der Waals surface area contributed by atoms with Gasteiger partial charge < -0.3 is 10.2 Å². The van der Waals surface area contributed by atoms with E-state index in [9.17, 15) is 18.0 Å². The number of amides is 1. The van der Waals surface area contributed by atoms with E-state index < -0.39 is 17.5 Å². The summed E-state index contributed by atoms with van der Waals surface area (Å²) in [6, 6.07) is 0. The van der Waals surface area contributed by atoms with Gasteiger partial charge in [0, 0.05) is 39.0 Å². The van der Waals surface area contributed by atoms with Crippen LogP contribution in [0.4, 0.5) is 13.2 Å². The SMILES string of the molecule is CC(=O)N1CC2CNCC2(C(F)(F)F)C1. The molecule has 0 saturated carbocycles. The molecule has 2 unspecified atom stereocenters. The predicted octanol–water partition coefficient (Wildman–Crippen LogP) is 0.617. The van der Waals surface area contributed by atoms with Crippen molar-refractivity contribution in [3.63, 3.8) is 0 Å². The van der Waals surface area contributed by atoms with E-state index in [1.807, 2.05) is 0 Å². The van der Waals surface area contributed by atoms with Gasteiger partial charge in [0.1, 0.15) is 5.41 Å². The Balaban J connectivity index is 2.26. The number of rotatable bonds is 0. The summed E-state index contributed by atoms with van der Waals surface area (Å²) < 4.78 is 38.9. The molecule has 0 aromatic heterocycles. The van der Waals surface area contributed by atoms with Crippen LogP contribution in [0.1, 0.15) is 6.92 Å². The lowest BCUT2D eigenvalue weighted by molar-refractivity contribution is -0.221. The van der Waals surface area contributed by atoms with E-state index in [1.165, 1.54) is 11.8 Å². The maximum absolute atomic E-state index is 13.0. The molecular weight excluding hydrogens is 209 g/mol. The Morgan fingerprint density at radius 1 is 1.53 bits per heavy atom. The van der Waals surface area contributed by atoms with Gasteiger partial charge in [-0.2, -0.15) is 13.2 Å². The highest BCUT2D eigenvalue weighted by Gasteiger charge is 2.65. The zero-order chi connectivity index (χ0) is 11.3. The molecule has 0 aliphatic carbocycles. The van der Waals surface area contributed by atoms with Gasteiger partial charge >= 0.3 is 6.18 Å². The molecule has 0 aromatic rings. The van der Waals surface area contributed by atoms with Gasteiger partial charge in [-0.05, 0) is 0 Å². The molecular formula is C9H13F3N2O. The smallest absolute Gasteiger partial charge is 0.342 e. The quantitative estimate of drug-likeness (QED) is 0.651. The number of nitrogens with zero attached hydrogens (tertiary/aromatic N) is 1. The molecule has 15 heavy (non-hydrogen) atoms. The summed E-state index contributed by atoms with van der Waals surface area (Å²) in [6.45, 7) is 1.64. The van der Waals surface area contributed by atoms with Gasteiger partial charge in [-0.15, -0.1) is 0 Å². The van der Waals surface area contributed by atoms with E-state index in [2.05, 4.69) is 5.32 Å². The zero-order valence-corrected chi connectivity index (χ0v) is 8.40. The fourth-order valence-corrected chi connectivity index (χ4v) is 2.57. The first-order valence-corrected chi connectivity index (χ1v) is 4.90. The number of nitrogens with one attached hydrogen (secondary N) is 1. The molecule has 2 heterocycles. The Kier molecular flexibility index (Phi) is 2.22.